The molecule has 1 amide bonds. The first-order valence-electron chi connectivity index (χ1n) is 9.28. The van der Waals surface area contributed by atoms with E-state index in [1.807, 2.05) is 0 Å². The molecule has 8 heteroatoms. The van der Waals surface area contributed by atoms with Crippen molar-refractivity contribution in [1.29, 1.82) is 0 Å². The van der Waals surface area contributed by atoms with E-state index >= 15 is 0 Å². The second-order valence-electron chi connectivity index (χ2n) is 7.09. The highest BCUT2D eigenvalue weighted by molar-refractivity contribution is 7.89. The van der Waals surface area contributed by atoms with Crippen LogP contribution in [0.2, 0.25) is 0 Å². The molecule has 2 heterocycles. The first kappa shape index (κ1) is 19.0. The van der Waals surface area contributed by atoms with Crippen molar-refractivity contribution in [3.8, 4) is 0 Å². The van der Waals surface area contributed by atoms with Crippen molar-refractivity contribution >= 4 is 21.6 Å². The van der Waals surface area contributed by atoms with Crippen LogP contribution >= 0.6 is 0 Å². The van der Waals surface area contributed by atoms with Gasteiger partial charge in [-0.25, -0.2) is 17.2 Å². The summed E-state index contributed by atoms with van der Waals surface area (Å²) in [5.41, 5.74) is 1.41. The number of rotatable bonds is 3. The first-order valence-corrected chi connectivity index (χ1v) is 10.7. The standard InChI is InChI=1S/C20H20F2N2O3S/c21-17-6-4-15(13-18(17)22)20(25)24-11-8-14-12-16(5-7-19(14)24)28(26,27)23-9-2-1-3-10-23/h4-7,12-13H,1-3,8-11H2. The second-order valence-corrected chi connectivity index (χ2v) is 9.03. The van der Waals surface area contributed by atoms with E-state index in [0.717, 1.165) is 37.0 Å². The third-order valence-electron chi connectivity index (χ3n) is 5.31. The molecule has 0 bridgehead atoms. The lowest BCUT2D eigenvalue weighted by Gasteiger charge is -2.26. The minimum atomic E-state index is -3.55. The number of benzene rings is 2. The predicted molar refractivity (Wildman–Crippen MR) is 101 cm³/mol. The molecule has 2 aromatic rings. The highest BCUT2D eigenvalue weighted by atomic mass is 32.2. The van der Waals surface area contributed by atoms with Gasteiger partial charge in [-0.15, -0.1) is 0 Å². The maximum atomic E-state index is 13.5. The van der Waals surface area contributed by atoms with Gasteiger partial charge >= 0.3 is 0 Å². The minimum absolute atomic E-state index is 0.0526. The van der Waals surface area contributed by atoms with Crippen LogP contribution in [-0.4, -0.2) is 38.3 Å². The molecule has 2 aliphatic heterocycles. The average Bonchev–Trinajstić information content (AvgIpc) is 3.13. The number of carbonyl (C=O) groups excluding carboxylic acids is 1. The molecule has 0 radical (unpaired) electrons. The molecule has 0 aromatic heterocycles. The normalized spacial score (nSPS) is 17.6. The molecular formula is C20H20F2N2O3S. The van der Waals surface area contributed by atoms with Crippen molar-refractivity contribution in [3.63, 3.8) is 0 Å². The number of halogens is 2. The molecular weight excluding hydrogens is 386 g/mol. The Labute approximate surface area is 162 Å². The molecule has 28 heavy (non-hydrogen) atoms. The van der Waals surface area contributed by atoms with E-state index in [1.54, 1.807) is 12.1 Å². The maximum Gasteiger partial charge on any atom is 0.258 e. The molecule has 0 spiro atoms. The van der Waals surface area contributed by atoms with Crippen LogP contribution in [0.3, 0.4) is 0 Å². The first-order chi connectivity index (χ1) is 13.4. The molecule has 4 rings (SSSR count). The van der Waals surface area contributed by atoms with Crippen LogP contribution in [0.1, 0.15) is 35.2 Å². The Bertz CT molecular complexity index is 1030. The molecule has 5 nitrogen and oxygen atoms in total. The zero-order valence-electron chi connectivity index (χ0n) is 15.2. The molecule has 0 atom stereocenters. The number of carbonyl (C=O) groups is 1. The lowest BCUT2D eigenvalue weighted by molar-refractivity contribution is 0.0989. The van der Waals surface area contributed by atoms with E-state index in [2.05, 4.69) is 0 Å². The van der Waals surface area contributed by atoms with Gasteiger partial charge in [0.2, 0.25) is 10.0 Å². The van der Waals surface area contributed by atoms with Crippen LogP contribution in [0.5, 0.6) is 0 Å². The fourth-order valence-corrected chi connectivity index (χ4v) is 5.36. The lowest BCUT2D eigenvalue weighted by atomic mass is 10.1. The fourth-order valence-electron chi connectivity index (χ4n) is 3.79. The van der Waals surface area contributed by atoms with Gasteiger partial charge in [0, 0.05) is 30.9 Å². The van der Waals surface area contributed by atoms with E-state index in [-0.39, 0.29) is 10.5 Å². The number of piperidine rings is 1. The predicted octanol–water partition coefficient (Wildman–Crippen LogP) is 3.34. The maximum absolute atomic E-state index is 13.5. The molecule has 148 valence electrons. The Kier molecular flexibility index (Phi) is 4.93. The van der Waals surface area contributed by atoms with Crippen LogP contribution in [0.25, 0.3) is 0 Å². The van der Waals surface area contributed by atoms with Gasteiger partial charge in [-0.2, -0.15) is 4.31 Å². The fraction of sp³-hybridized carbons (Fsp3) is 0.350. The van der Waals surface area contributed by atoms with Gasteiger partial charge in [0.25, 0.3) is 5.91 Å². The molecule has 1 saturated heterocycles. The van der Waals surface area contributed by atoms with Gasteiger partial charge in [0.05, 0.1) is 4.90 Å². The van der Waals surface area contributed by atoms with E-state index in [4.69, 9.17) is 0 Å². The Balaban J connectivity index is 1.61. The Morgan fingerprint density at radius 1 is 0.893 bits per heavy atom. The van der Waals surface area contributed by atoms with E-state index in [9.17, 15) is 22.0 Å². The van der Waals surface area contributed by atoms with Crippen LogP contribution < -0.4 is 4.90 Å². The monoisotopic (exact) mass is 406 g/mol. The summed E-state index contributed by atoms with van der Waals surface area (Å²) in [7, 11) is -3.55. The summed E-state index contributed by atoms with van der Waals surface area (Å²) in [5, 5.41) is 0. The number of nitrogens with zero attached hydrogens (tertiary/aromatic N) is 2. The Morgan fingerprint density at radius 2 is 1.64 bits per heavy atom. The van der Waals surface area contributed by atoms with Gasteiger partial charge in [0.15, 0.2) is 11.6 Å². The number of amides is 1. The minimum Gasteiger partial charge on any atom is -0.308 e. The molecule has 0 unspecified atom stereocenters. The summed E-state index contributed by atoms with van der Waals surface area (Å²) >= 11 is 0. The number of sulfonamides is 1. The zero-order valence-corrected chi connectivity index (χ0v) is 16.0. The molecule has 2 aliphatic rings. The van der Waals surface area contributed by atoms with Crippen molar-refractivity contribution in [2.45, 2.75) is 30.6 Å². The summed E-state index contributed by atoms with van der Waals surface area (Å²) in [6, 6.07) is 7.81. The van der Waals surface area contributed by atoms with Gasteiger partial charge in [-0.1, -0.05) is 6.42 Å². The topological polar surface area (TPSA) is 57.7 Å². The van der Waals surface area contributed by atoms with Crippen molar-refractivity contribution in [1.82, 2.24) is 4.31 Å². The summed E-state index contributed by atoms with van der Waals surface area (Å²) < 4.78 is 53.8. The number of fused-ring (bicyclic) bond motifs is 1. The highest BCUT2D eigenvalue weighted by Gasteiger charge is 2.30. The third-order valence-corrected chi connectivity index (χ3v) is 7.21. The van der Waals surface area contributed by atoms with Gasteiger partial charge < -0.3 is 4.90 Å². The molecule has 1 fully saturated rings. The van der Waals surface area contributed by atoms with Gasteiger partial charge in [-0.05, 0) is 61.2 Å². The summed E-state index contributed by atoms with van der Waals surface area (Å²) in [5.74, 6) is -2.52. The van der Waals surface area contributed by atoms with Crippen molar-refractivity contribution in [2.75, 3.05) is 24.5 Å². The zero-order chi connectivity index (χ0) is 19.9. The number of hydrogen-bond donors (Lipinski definition) is 0. The van der Waals surface area contributed by atoms with Crippen molar-refractivity contribution in [3.05, 3.63) is 59.2 Å². The summed E-state index contributed by atoms with van der Waals surface area (Å²) in [6.45, 7) is 1.42. The molecule has 0 saturated carbocycles. The smallest absolute Gasteiger partial charge is 0.258 e. The average molecular weight is 406 g/mol. The van der Waals surface area contributed by atoms with Gasteiger partial charge in [0.1, 0.15) is 0 Å². The molecule has 0 aliphatic carbocycles. The molecule has 0 N–H and O–H groups in total. The van der Waals surface area contributed by atoms with Crippen molar-refractivity contribution in [2.24, 2.45) is 0 Å². The summed E-state index contributed by atoms with van der Waals surface area (Å²) in [6.07, 6.45) is 3.27. The number of anilines is 1. The second kappa shape index (κ2) is 7.25. The highest BCUT2D eigenvalue weighted by Crippen LogP contribution is 2.33. The number of hydrogen-bond acceptors (Lipinski definition) is 3. The van der Waals surface area contributed by atoms with Crippen LogP contribution in [0.15, 0.2) is 41.3 Å². The third kappa shape index (κ3) is 3.31. The van der Waals surface area contributed by atoms with E-state index < -0.39 is 27.6 Å². The Hall–Kier alpha value is -2.32. The Morgan fingerprint density at radius 3 is 2.36 bits per heavy atom. The van der Waals surface area contributed by atoms with E-state index in [0.29, 0.717) is 31.7 Å². The van der Waals surface area contributed by atoms with Gasteiger partial charge in [-0.3, -0.25) is 4.79 Å². The lowest BCUT2D eigenvalue weighted by Crippen LogP contribution is -2.35. The van der Waals surface area contributed by atoms with Crippen LogP contribution in [0.4, 0.5) is 14.5 Å². The van der Waals surface area contributed by atoms with Crippen LogP contribution in [-0.2, 0) is 16.4 Å². The molecule has 2 aromatic carbocycles. The SMILES string of the molecule is O=C(c1ccc(F)c(F)c1)N1CCc2cc(S(=O)(=O)N3CCCCC3)ccc21. The quantitative estimate of drug-likeness (QED) is 0.786. The van der Waals surface area contributed by atoms with E-state index in [1.165, 1.54) is 21.3 Å². The summed E-state index contributed by atoms with van der Waals surface area (Å²) in [4.78, 5) is 14.4. The largest absolute Gasteiger partial charge is 0.308 e. The van der Waals surface area contributed by atoms with Crippen molar-refractivity contribution < 1.29 is 22.0 Å². The van der Waals surface area contributed by atoms with Crippen LogP contribution in [0, 0.1) is 11.6 Å².